The summed E-state index contributed by atoms with van der Waals surface area (Å²) in [6, 6.07) is 1.50. The van der Waals surface area contributed by atoms with Gasteiger partial charge in [0.15, 0.2) is 5.75 Å². The van der Waals surface area contributed by atoms with Crippen LogP contribution in [0.3, 0.4) is 0 Å². The molecule has 4 heteroatoms. The first-order valence-corrected chi connectivity index (χ1v) is 5.11. The molecule has 0 saturated heterocycles. The highest BCUT2D eigenvalue weighted by Crippen LogP contribution is 2.07. The van der Waals surface area contributed by atoms with E-state index < -0.39 is 0 Å². The van der Waals surface area contributed by atoms with Gasteiger partial charge in [-0.15, -0.1) is 0 Å². The number of hydrogen-bond acceptors (Lipinski definition) is 3. The number of aromatic nitrogens is 1. The van der Waals surface area contributed by atoms with Crippen LogP contribution in [0.5, 0.6) is 5.75 Å². The summed E-state index contributed by atoms with van der Waals surface area (Å²) in [7, 11) is 3.90. The molecule has 1 heterocycles. The Morgan fingerprint density at radius 1 is 1.47 bits per heavy atom. The summed E-state index contributed by atoms with van der Waals surface area (Å²) in [5, 5.41) is 9.34. The summed E-state index contributed by atoms with van der Waals surface area (Å²) < 4.78 is 1.93. The molecule has 0 saturated carbocycles. The van der Waals surface area contributed by atoms with Gasteiger partial charge >= 0.3 is 0 Å². The van der Waals surface area contributed by atoms with Crippen molar-refractivity contribution in [3.63, 3.8) is 0 Å². The number of nitrogens with zero attached hydrogens (tertiary/aromatic N) is 2. The number of hydrogen-bond donors (Lipinski definition) is 1. The van der Waals surface area contributed by atoms with Gasteiger partial charge in [0.2, 0.25) is 5.43 Å². The SMILES string of the molecule is CCCn1cc(O)c(=O)cc1CN(C)C. The van der Waals surface area contributed by atoms with Gasteiger partial charge in [0.1, 0.15) is 0 Å². The fraction of sp³-hybridized carbons (Fsp3) is 0.545. The van der Waals surface area contributed by atoms with Crippen LogP contribution in [-0.4, -0.2) is 28.7 Å². The maximum Gasteiger partial charge on any atom is 0.223 e. The summed E-state index contributed by atoms with van der Waals surface area (Å²) in [5.74, 6) is -0.175. The Hall–Kier alpha value is -1.29. The molecule has 0 aliphatic heterocycles. The van der Waals surface area contributed by atoms with Crippen LogP contribution in [0.15, 0.2) is 17.1 Å². The third-order valence-corrected chi connectivity index (χ3v) is 2.14. The highest BCUT2D eigenvalue weighted by Gasteiger charge is 2.05. The molecular weight excluding hydrogens is 192 g/mol. The Morgan fingerprint density at radius 2 is 2.13 bits per heavy atom. The van der Waals surface area contributed by atoms with Gasteiger partial charge in [-0.2, -0.15) is 0 Å². The Kier molecular flexibility index (Phi) is 3.91. The van der Waals surface area contributed by atoms with Gasteiger partial charge in [-0.05, 0) is 20.5 Å². The maximum absolute atomic E-state index is 11.3. The minimum Gasteiger partial charge on any atom is -0.503 e. The fourth-order valence-electron chi connectivity index (χ4n) is 1.51. The van der Waals surface area contributed by atoms with E-state index in [-0.39, 0.29) is 11.2 Å². The molecule has 0 bridgehead atoms. The Labute approximate surface area is 89.8 Å². The minimum absolute atomic E-state index is 0.175. The lowest BCUT2D eigenvalue weighted by Crippen LogP contribution is -2.19. The average Bonchev–Trinajstić information content (AvgIpc) is 2.13. The fourth-order valence-corrected chi connectivity index (χ4v) is 1.51. The predicted octanol–water partition coefficient (Wildman–Crippen LogP) is 1.03. The molecule has 15 heavy (non-hydrogen) atoms. The topological polar surface area (TPSA) is 45.5 Å². The van der Waals surface area contributed by atoms with E-state index in [1.54, 1.807) is 0 Å². The highest BCUT2D eigenvalue weighted by molar-refractivity contribution is 5.20. The van der Waals surface area contributed by atoms with E-state index in [0.717, 1.165) is 18.7 Å². The quantitative estimate of drug-likeness (QED) is 0.807. The van der Waals surface area contributed by atoms with Crippen molar-refractivity contribution < 1.29 is 5.11 Å². The molecule has 1 N–H and O–H groups in total. The van der Waals surface area contributed by atoms with Crippen LogP contribution < -0.4 is 5.43 Å². The van der Waals surface area contributed by atoms with Crippen molar-refractivity contribution in [3.8, 4) is 5.75 Å². The predicted molar refractivity (Wildman–Crippen MR) is 60.0 cm³/mol. The lowest BCUT2D eigenvalue weighted by Gasteiger charge is -2.16. The zero-order valence-corrected chi connectivity index (χ0v) is 9.53. The highest BCUT2D eigenvalue weighted by atomic mass is 16.3. The Morgan fingerprint density at radius 3 is 2.67 bits per heavy atom. The van der Waals surface area contributed by atoms with Crippen molar-refractivity contribution in [2.45, 2.75) is 26.4 Å². The van der Waals surface area contributed by atoms with Crippen LogP contribution >= 0.6 is 0 Å². The second kappa shape index (κ2) is 4.98. The Bertz CT molecular complexity index is 383. The molecule has 0 radical (unpaired) electrons. The first-order valence-electron chi connectivity index (χ1n) is 5.11. The van der Waals surface area contributed by atoms with Crippen LogP contribution in [-0.2, 0) is 13.1 Å². The number of pyridine rings is 1. The molecule has 0 spiro atoms. The first kappa shape index (κ1) is 11.8. The Balaban J connectivity index is 3.10. The number of rotatable bonds is 4. The second-order valence-corrected chi connectivity index (χ2v) is 3.95. The molecule has 0 aliphatic carbocycles. The smallest absolute Gasteiger partial charge is 0.223 e. The van der Waals surface area contributed by atoms with Crippen molar-refractivity contribution in [2.24, 2.45) is 0 Å². The number of aromatic hydroxyl groups is 1. The van der Waals surface area contributed by atoms with Crippen molar-refractivity contribution in [3.05, 3.63) is 28.2 Å². The minimum atomic E-state index is -0.306. The van der Waals surface area contributed by atoms with Crippen molar-refractivity contribution in [2.75, 3.05) is 14.1 Å². The van der Waals surface area contributed by atoms with Gasteiger partial charge in [0.05, 0.1) is 6.20 Å². The van der Waals surface area contributed by atoms with E-state index in [2.05, 4.69) is 6.92 Å². The van der Waals surface area contributed by atoms with Crippen molar-refractivity contribution >= 4 is 0 Å². The first-order chi connectivity index (χ1) is 7.04. The molecule has 0 fully saturated rings. The van der Waals surface area contributed by atoms with Gasteiger partial charge < -0.3 is 14.6 Å². The van der Waals surface area contributed by atoms with Gasteiger partial charge in [0, 0.05) is 24.8 Å². The van der Waals surface area contributed by atoms with E-state index in [0.29, 0.717) is 6.54 Å². The van der Waals surface area contributed by atoms with Crippen LogP contribution in [0.2, 0.25) is 0 Å². The summed E-state index contributed by atoms with van der Waals surface area (Å²) in [5.41, 5.74) is 0.629. The molecule has 0 atom stereocenters. The molecule has 1 rings (SSSR count). The molecule has 84 valence electrons. The monoisotopic (exact) mass is 210 g/mol. The molecular formula is C11H18N2O2. The molecule has 0 unspecified atom stereocenters. The van der Waals surface area contributed by atoms with E-state index in [1.807, 2.05) is 23.6 Å². The molecule has 0 aromatic carbocycles. The second-order valence-electron chi connectivity index (χ2n) is 3.95. The van der Waals surface area contributed by atoms with Crippen LogP contribution in [0.1, 0.15) is 19.0 Å². The standard InChI is InChI=1S/C11H18N2O2/c1-4-5-13-8-11(15)10(14)6-9(13)7-12(2)3/h6,8,15H,4-5,7H2,1-3H3. The lowest BCUT2D eigenvalue weighted by molar-refractivity contribution is 0.381. The molecule has 0 amide bonds. The maximum atomic E-state index is 11.3. The van der Waals surface area contributed by atoms with Crippen LogP contribution in [0.25, 0.3) is 0 Å². The summed E-state index contributed by atoms with van der Waals surface area (Å²) in [6.07, 6.45) is 2.49. The lowest BCUT2D eigenvalue weighted by atomic mass is 10.3. The van der Waals surface area contributed by atoms with Crippen LogP contribution in [0.4, 0.5) is 0 Å². The molecule has 4 nitrogen and oxygen atoms in total. The van der Waals surface area contributed by atoms with E-state index in [9.17, 15) is 9.90 Å². The van der Waals surface area contributed by atoms with Crippen LogP contribution in [0, 0.1) is 0 Å². The van der Waals surface area contributed by atoms with E-state index in [4.69, 9.17) is 0 Å². The zero-order chi connectivity index (χ0) is 11.4. The summed E-state index contributed by atoms with van der Waals surface area (Å²) in [4.78, 5) is 13.3. The van der Waals surface area contributed by atoms with E-state index >= 15 is 0 Å². The van der Waals surface area contributed by atoms with Crippen molar-refractivity contribution in [1.29, 1.82) is 0 Å². The molecule has 1 aromatic rings. The van der Waals surface area contributed by atoms with Gasteiger partial charge in [-0.3, -0.25) is 4.79 Å². The molecule has 0 aliphatic rings. The average molecular weight is 210 g/mol. The van der Waals surface area contributed by atoms with Gasteiger partial charge in [0.25, 0.3) is 0 Å². The normalized spacial score (nSPS) is 10.9. The third kappa shape index (κ3) is 3.09. The van der Waals surface area contributed by atoms with Gasteiger partial charge in [-0.25, -0.2) is 0 Å². The summed E-state index contributed by atoms with van der Waals surface area (Å²) >= 11 is 0. The third-order valence-electron chi connectivity index (χ3n) is 2.14. The largest absolute Gasteiger partial charge is 0.503 e. The van der Waals surface area contributed by atoms with Crippen molar-refractivity contribution in [1.82, 2.24) is 9.47 Å². The van der Waals surface area contributed by atoms with Gasteiger partial charge in [-0.1, -0.05) is 6.92 Å². The summed E-state index contributed by atoms with van der Waals surface area (Å²) in [6.45, 7) is 3.58. The molecule has 1 aromatic heterocycles. The number of aryl methyl sites for hydroxylation is 1. The zero-order valence-electron chi connectivity index (χ0n) is 9.53. The van der Waals surface area contributed by atoms with E-state index in [1.165, 1.54) is 12.3 Å².